The SMILES string of the molecule is O=c1c2sc(-c3cncnc3)nc2nc(-c2ccccc2)n1-c1ccccc1. The van der Waals surface area contributed by atoms with Gasteiger partial charge in [-0.05, 0) is 12.1 Å². The van der Waals surface area contributed by atoms with Crippen LogP contribution >= 0.6 is 11.3 Å². The Kier molecular flexibility index (Phi) is 3.99. The molecule has 0 radical (unpaired) electrons. The van der Waals surface area contributed by atoms with Crippen molar-refractivity contribution < 1.29 is 0 Å². The summed E-state index contributed by atoms with van der Waals surface area (Å²) in [5.41, 5.74) is 2.66. The average Bonchev–Trinajstić information content (AvgIpc) is 3.20. The highest BCUT2D eigenvalue weighted by atomic mass is 32.1. The van der Waals surface area contributed by atoms with E-state index in [9.17, 15) is 4.79 Å². The lowest BCUT2D eigenvalue weighted by Crippen LogP contribution is -2.21. The molecule has 28 heavy (non-hydrogen) atoms. The van der Waals surface area contributed by atoms with Crippen LogP contribution in [0.4, 0.5) is 0 Å². The monoisotopic (exact) mass is 383 g/mol. The molecule has 3 heterocycles. The van der Waals surface area contributed by atoms with Gasteiger partial charge in [-0.15, -0.1) is 11.3 Å². The van der Waals surface area contributed by atoms with Gasteiger partial charge in [0.1, 0.15) is 21.9 Å². The maximum atomic E-state index is 13.4. The molecule has 0 N–H and O–H groups in total. The van der Waals surface area contributed by atoms with Gasteiger partial charge in [0.15, 0.2) is 5.65 Å². The quantitative estimate of drug-likeness (QED) is 0.471. The van der Waals surface area contributed by atoms with E-state index in [1.807, 2.05) is 60.7 Å². The third-order valence-electron chi connectivity index (χ3n) is 4.28. The lowest BCUT2D eigenvalue weighted by Gasteiger charge is -2.12. The molecule has 0 atom stereocenters. The molecule has 6 nitrogen and oxygen atoms in total. The maximum Gasteiger partial charge on any atom is 0.278 e. The molecule has 0 spiro atoms. The van der Waals surface area contributed by atoms with Crippen LogP contribution in [0.5, 0.6) is 0 Å². The van der Waals surface area contributed by atoms with E-state index in [1.165, 1.54) is 17.7 Å². The Labute approximate surface area is 163 Å². The topological polar surface area (TPSA) is 73.6 Å². The summed E-state index contributed by atoms with van der Waals surface area (Å²) in [7, 11) is 0. The predicted molar refractivity (Wildman–Crippen MR) is 109 cm³/mol. The van der Waals surface area contributed by atoms with Gasteiger partial charge in [-0.3, -0.25) is 9.36 Å². The lowest BCUT2D eigenvalue weighted by molar-refractivity contribution is 0.975. The Morgan fingerprint density at radius 3 is 2.18 bits per heavy atom. The van der Waals surface area contributed by atoms with Gasteiger partial charge in [0.05, 0.1) is 5.69 Å². The summed E-state index contributed by atoms with van der Waals surface area (Å²) in [6.07, 6.45) is 4.82. The number of fused-ring (bicyclic) bond motifs is 1. The molecular formula is C21H13N5OS. The van der Waals surface area contributed by atoms with E-state index in [-0.39, 0.29) is 5.56 Å². The van der Waals surface area contributed by atoms with Gasteiger partial charge in [-0.2, -0.15) is 0 Å². The molecule has 3 aromatic heterocycles. The van der Waals surface area contributed by atoms with Crippen molar-refractivity contribution >= 4 is 21.7 Å². The Bertz CT molecular complexity index is 1320. The predicted octanol–water partition coefficient (Wildman–Crippen LogP) is 3.97. The van der Waals surface area contributed by atoms with Crippen LogP contribution in [0, 0.1) is 0 Å². The minimum absolute atomic E-state index is 0.143. The molecule has 0 saturated heterocycles. The number of benzene rings is 2. The smallest absolute Gasteiger partial charge is 0.267 e. The first-order valence-corrected chi connectivity index (χ1v) is 9.43. The Morgan fingerprint density at radius 2 is 1.46 bits per heavy atom. The zero-order valence-corrected chi connectivity index (χ0v) is 15.4. The molecule has 5 rings (SSSR count). The van der Waals surface area contributed by atoms with Crippen molar-refractivity contribution in [1.82, 2.24) is 24.5 Å². The number of rotatable bonds is 3. The van der Waals surface area contributed by atoms with Crippen molar-refractivity contribution in [1.29, 1.82) is 0 Å². The molecule has 0 aliphatic carbocycles. The van der Waals surface area contributed by atoms with Gasteiger partial charge in [0.25, 0.3) is 5.56 Å². The minimum Gasteiger partial charge on any atom is -0.267 e. The molecule has 7 heteroatoms. The van der Waals surface area contributed by atoms with Crippen LogP contribution in [0.1, 0.15) is 0 Å². The summed E-state index contributed by atoms with van der Waals surface area (Å²) in [5, 5.41) is 0.671. The first kappa shape index (κ1) is 16.5. The zero-order chi connectivity index (χ0) is 18.9. The number of aromatic nitrogens is 5. The van der Waals surface area contributed by atoms with Crippen molar-refractivity contribution in [2.45, 2.75) is 0 Å². The molecular weight excluding hydrogens is 370 g/mol. The number of hydrogen-bond donors (Lipinski definition) is 0. The highest BCUT2D eigenvalue weighted by Crippen LogP contribution is 2.29. The zero-order valence-electron chi connectivity index (χ0n) is 14.6. The van der Waals surface area contributed by atoms with Crippen LogP contribution in [0.3, 0.4) is 0 Å². The van der Waals surface area contributed by atoms with Gasteiger partial charge < -0.3 is 0 Å². The first-order valence-electron chi connectivity index (χ1n) is 8.61. The van der Waals surface area contributed by atoms with Crippen LogP contribution in [0.2, 0.25) is 0 Å². The highest BCUT2D eigenvalue weighted by Gasteiger charge is 2.18. The van der Waals surface area contributed by atoms with Crippen molar-refractivity contribution in [3.05, 3.63) is 89.7 Å². The van der Waals surface area contributed by atoms with E-state index in [0.29, 0.717) is 21.2 Å². The van der Waals surface area contributed by atoms with Crippen LogP contribution in [0.25, 0.3) is 38.0 Å². The molecule has 0 unspecified atom stereocenters. The van der Waals surface area contributed by atoms with E-state index in [4.69, 9.17) is 4.98 Å². The second kappa shape index (κ2) is 6.79. The van der Waals surface area contributed by atoms with Gasteiger partial charge in [-0.1, -0.05) is 48.5 Å². The Balaban J connectivity index is 1.83. The summed E-state index contributed by atoms with van der Waals surface area (Å²) in [4.78, 5) is 30.8. The van der Waals surface area contributed by atoms with Crippen molar-refractivity contribution in [2.75, 3.05) is 0 Å². The van der Waals surface area contributed by atoms with Crippen LogP contribution in [-0.2, 0) is 0 Å². The Morgan fingerprint density at radius 1 is 0.786 bits per heavy atom. The summed E-state index contributed by atoms with van der Waals surface area (Å²) in [5.74, 6) is 0.561. The highest BCUT2D eigenvalue weighted by molar-refractivity contribution is 7.21. The second-order valence-corrected chi connectivity index (χ2v) is 7.08. The largest absolute Gasteiger partial charge is 0.278 e. The summed E-state index contributed by atoms with van der Waals surface area (Å²) in [6, 6.07) is 19.2. The number of nitrogens with zero attached hydrogens (tertiary/aromatic N) is 5. The normalized spacial score (nSPS) is 11.0. The summed E-state index contributed by atoms with van der Waals surface area (Å²) < 4.78 is 2.14. The molecule has 0 bridgehead atoms. The van der Waals surface area contributed by atoms with E-state index in [2.05, 4.69) is 15.0 Å². The summed E-state index contributed by atoms with van der Waals surface area (Å²) >= 11 is 1.30. The molecule has 0 aliphatic heterocycles. The van der Waals surface area contributed by atoms with Crippen LogP contribution in [-0.4, -0.2) is 24.5 Å². The first-order chi connectivity index (χ1) is 13.8. The van der Waals surface area contributed by atoms with E-state index >= 15 is 0 Å². The standard InChI is InChI=1S/C21H13N5OS/c27-21-17-18(25-20(28-17)15-11-22-13-23-12-15)24-19(14-7-3-1-4-8-14)26(21)16-9-5-2-6-10-16/h1-13H. The lowest BCUT2D eigenvalue weighted by atomic mass is 10.2. The number of hydrogen-bond acceptors (Lipinski definition) is 6. The Hall–Kier alpha value is -3.71. The van der Waals surface area contributed by atoms with E-state index in [1.54, 1.807) is 17.0 Å². The second-order valence-electron chi connectivity index (χ2n) is 6.08. The van der Waals surface area contributed by atoms with Gasteiger partial charge in [-0.25, -0.2) is 19.9 Å². The third kappa shape index (κ3) is 2.78. The fraction of sp³-hybridized carbons (Fsp3) is 0. The van der Waals surface area contributed by atoms with Gasteiger partial charge in [0.2, 0.25) is 0 Å². The minimum atomic E-state index is -0.143. The van der Waals surface area contributed by atoms with Crippen LogP contribution in [0.15, 0.2) is 84.2 Å². The van der Waals surface area contributed by atoms with E-state index in [0.717, 1.165) is 16.8 Å². The molecule has 0 amide bonds. The average molecular weight is 383 g/mol. The molecule has 0 saturated carbocycles. The number of para-hydroxylation sites is 1. The van der Waals surface area contributed by atoms with Crippen molar-refractivity contribution in [3.63, 3.8) is 0 Å². The molecule has 2 aromatic carbocycles. The summed E-state index contributed by atoms with van der Waals surface area (Å²) in [6.45, 7) is 0. The van der Waals surface area contributed by atoms with Gasteiger partial charge in [0, 0.05) is 23.5 Å². The fourth-order valence-corrected chi connectivity index (χ4v) is 3.92. The molecule has 0 aliphatic rings. The molecule has 0 fully saturated rings. The van der Waals surface area contributed by atoms with Gasteiger partial charge >= 0.3 is 0 Å². The molecule has 5 aromatic rings. The number of thiazole rings is 1. The van der Waals surface area contributed by atoms with Crippen LogP contribution < -0.4 is 5.56 Å². The third-order valence-corrected chi connectivity index (χ3v) is 5.37. The van der Waals surface area contributed by atoms with Crippen molar-refractivity contribution in [2.24, 2.45) is 0 Å². The molecule has 134 valence electrons. The maximum absolute atomic E-state index is 13.4. The fourth-order valence-electron chi connectivity index (χ4n) is 3.01. The van der Waals surface area contributed by atoms with Crippen molar-refractivity contribution in [3.8, 4) is 27.6 Å². The van der Waals surface area contributed by atoms with E-state index < -0.39 is 0 Å².